The molecule has 2 aromatic carbocycles. The summed E-state index contributed by atoms with van der Waals surface area (Å²) < 4.78 is 32.0. The Balaban J connectivity index is 1.78. The third-order valence-electron chi connectivity index (χ3n) is 2.92. The van der Waals surface area contributed by atoms with Crippen LogP contribution in [0.3, 0.4) is 0 Å². The van der Waals surface area contributed by atoms with Crippen molar-refractivity contribution in [3.8, 4) is 5.75 Å². The molecule has 0 fully saturated rings. The highest BCUT2D eigenvalue weighted by Crippen LogP contribution is 2.19. The number of halogens is 3. The van der Waals surface area contributed by atoms with E-state index in [0.717, 1.165) is 0 Å². The Bertz CT molecular complexity index is 644. The molecule has 116 valence electrons. The van der Waals surface area contributed by atoms with Crippen molar-refractivity contribution in [1.29, 1.82) is 0 Å². The molecule has 0 saturated carbocycles. The van der Waals surface area contributed by atoms with Crippen LogP contribution in [0.15, 0.2) is 42.5 Å². The molecule has 0 radical (unpaired) electrons. The zero-order valence-electron chi connectivity index (χ0n) is 11.6. The summed E-state index contributed by atoms with van der Waals surface area (Å²) in [5, 5.41) is 2.77. The van der Waals surface area contributed by atoms with E-state index in [1.165, 1.54) is 30.3 Å². The zero-order valence-corrected chi connectivity index (χ0v) is 12.4. The van der Waals surface area contributed by atoms with Crippen LogP contribution < -0.4 is 10.1 Å². The summed E-state index contributed by atoms with van der Waals surface area (Å²) in [5.74, 6) is -1.25. The zero-order chi connectivity index (χ0) is 15.9. The number of hydrogen-bond acceptors (Lipinski definition) is 2. The molecule has 0 unspecified atom stereocenters. The summed E-state index contributed by atoms with van der Waals surface area (Å²) in [6.07, 6.45) is -0.162. The largest absolute Gasteiger partial charge is 0.489 e. The van der Waals surface area contributed by atoms with Gasteiger partial charge in [-0.05, 0) is 24.3 Å². The molecular formula is C16H14ClF2NO2. The number of benzene rings is 2. The van der Waals surface area contributed by atoms with Crippen molar-refractivity contribution in [1.82, 2.24) is 5.32 Å². The Morgan fingerprint density at radius 1 is 1.09 bits per heavy atom. The van der Waals surface area contributed by atoms with E-state index in [1.54, 1.807) is 12.1 Å². The molecule has 0 heterocycles. The number of hydrogen-bond donors (Lipinski definition) is 1. The van der Waals surface area contributed by atoms with Crippen molar-refractivity contribution >= 4 is 17.5 Å². The molecule has 0 aliphatic carbocycles. The lowest BCUT2D eigenvalue weighted by molar-refractivity contribution is -0.120. The first-order valence-electron chi connectivity index (χ1n) is 6.65. The molecule has 0 aromatic heterocycles. The topological polar surface area (TPSA) is 38.3 Å². The maximum atomic E-state index is 13.5. The SMILES string of the molecule is O=C(Cc1c(F)cccc1Cl)NCCOc1ccccc1F. The van der Waals surface area contributed by atoms with E-state index >= 15 is 0 Å². The highest BCUT2D eigenvalue weighted by atomic mass is 35.5. The third kappa shape index (κ3) is 4.43. The van der Waals surface area contributed by atoms with Crippen molar-refractivity contribution in [3.63, 3.8) is 0 Å². The van der Waals surface area contributed by atoms with E-state index in [2.05, 4.69) is 5.32 Å². The molecule has 2 rings (SSSR count). The van der Waals surface area contributed by atoms with Gasteiger partial charge in [0, 0.05) is 10.6 Å². The quantitative estimate of drug-likeness (QED) is 0.827. The Hall–Kier alpha value is -2.14. The van der Waals surface area contributed by atoms with Gasteiger partial charge in [0.15, 0.2) is 11.6 Å². The first kappa shape index (κ1) is 16.2. The van der Waals surface area contributed by atoms with Crippen LogP contribution in [0.2, 0.25) is 5.02 Å². The van der Waals surface area contributed by atoms with E-state index < -0.39 is 11.6 Å². The fourth-order valence-electron chi connectivity index (χ4n) is 1.84. The molecule has 22 heavy (non-hydrogen) atoms. The van der Waals surface area contributed by atoms with Gasteiger partial charge in [0.1, 0.15) is 12.4 Å². The number of nitrogens with one attached hydrogen (secondary N) is 1. The summed E-state index contributed by atoms with van der Waals surface area (Å²) in [6.45, 7) is 0.289. The number of ether oxygens (including phenoxy) is 1. The average molecular weight is 326 g/mol. The van der Waals surface area contributed by atoms with Crippen molar-refractivity contribution < 1.29 is 18.3 Å². The minimum absolute atomic E-state index is 0.109. The van der Waals surface area contributed by atoms with E-state index in [4.69, 9.17) is 16.3 Å². The van der Waals surface area contributed by atoms with Crippen LogP contribution in [-0.4, -0.2) is 19.1 Å². The molecule has 2 aromatic rings. The third-order valence-corrected chi connectivity index (χ3v) is 3.27. The Kier molecular flexibility index (Phi) is 5.72. The maximum absolute atomic E-state index is 13.5. The van der Waals surface area contributed by atoms with Gasteiger partial charge in [-0.3, -0.25) is 4.79 Å². The second kappa shape index (κ2) is 7.75. The number of para-hydroxylation sites is 1. The van der Waals surface area contributed by atoms with Gasteiger partial charge >= 0.3 is 0 Å². The van der Waals surface area contributed by atoms with Crippen molar-refractivity contribution in [2.45, 2.75) is 6.42 Å². The fraction of sp³-hybridized carbons (Fsp3) is 0.188. The molecule has 6 heteroatoms. The predicted molar refractivity (Wildman–Crippen MR) is 80.0 cm³/mol. The van der Waals surface area contributed by atoms with Gasteiger partial charge in [0.05, 0.1) is 13.0 Å². The van der Waals surface area contributed by atoms with Crippen molar-refractivity contribution in [2.75, 3.05) is 13.2 Å². The minimum atomic E-state index is -0.523. The number of carbonyl (C=O) groups excluding carboxylic acids is 1. The average Bonchev–Trinajstić information content (AvgIpc) is 2.49. The van der Waals surface area contributed by atoms with Crippen LogP contribution >= 0.6 is 11.6 Å². The standard InChI is InChI=1S/C16H14ClF2NO2/c17-12-4-3-6-13(18)11(12)10-16(21)20-8-9-22-15-7-2-1-5-14(15)19/h1-7H,8-10H2,(H,20,21). The molecule has 0 atom stereocenters. The molecule has 0 spiro atoms. The smallest absolute Gasteiger partial charge is 0.224 e. The van der Waals surface area contributed by atoms with Gasteiger partial charge in [-0.1, -0.05) is 29.8 Å². The lowest BCUT2D eigenvalue weighted by Gasteiger charge is -2.09. The van der Waals surface area contributed by atoms with Crippen LogP contribution in [-0.2, 0) is 11.2 Å². The minimum Gasteiger partial charge on any atom is -0.489 e. The molecule has 1 N–H and O–H groups in total. The van der Waals surface area contributed by atoms with E-state index in [1.807, 2.05) is 0 Å². The van der Waals surface area contributed by atoms with Crippen LogP contribution in [0.1, 0.15) is 5.56 Å². The highest BCUT2D eigenvalue weighted by Gasteiger charge is 2.11. The Labute approximate surface area is 131 Å². The number of carbonyl (C=O) groups is 1. The summed E-state index contributed by atoms with van der Waals surface area (Å²) in [6, 6.07) is 10.2. The first-order valence-corrected chi connectivity index (χ1v) is 7.02. The summed E-state index contributed by atoms with van der Waals surface area (Å²) in [5.41, 5.74) is 0.150. The highest BCUT2D eigenvalue weighted by molar-refractivity contribution is 6.31. The molecule has 3 nitrogen and oxygen atoms in total. The lowest BCUT2D eigenvalue weighted by atomic mass is 10.1. The van der Waals surface area contributed by atoms with Gasteiger partial charge < -0.3 is 10.1 Å². The Morgan fingerprint density at radius 3 is 2.55 bits per heavy atom. The van der Waals surface area contributed by atoms with E-state index in [0.29, 0.717) is 0 Å². The van der Waals surface area contributed by atoms with Gasteiger partial charge in [-0.25, -0.2) is 8.78 Å². The number of rotatable bonds is 6. The van der Waals surface area contributed by atoms with Crippen molar-refractivity contribution in [3.05, 3.63) is 64.7 Å². The Morgan fingerprint density at radius 2 is 1.82 bits per heavy atom. The summed E-state index contributed by atoms with van der Waals surface area (Å²) in [7, 11) is 0. The summed E-state index contributed by atoms with van der Waals surface area (Å²) in [4.78, 5) is 11.7. The maximum Gasteiger partial charge on any atom is 0.224 e. The van der Waals surface area contributed by atoms with Crippen molar-refractivity contribution in [2.24, 2.45) is 0 Å². The van der Waals surface area contributed by atoms with Crippen LogP contribution in [0, 0.1) is 11.6 Å². The molecule has 0 bridgehead atoms. The van der Waals surface area contributed by atoms with Crippen LogP contribution in [0.25, 0.3) is 0 Å². The second-order valence-electron chi connectivity index (χ2n) is 4.51. The molecule has 0 aliphatic heterocycles. The molecular weight excluding hydrogens is 312 g/mol. The van der Waals surface area contributed by atoms with Gasteiger partial charge in [0.25, 0.3) is 0 Å². The fourth-order valence-corrected chi connectivity index (χ4v) is 2.07. The first-order chi connectivity index (χ1) is 10.6. The molecule has 1 amide bonds. The van der Waals surface area contributed by atoms with Gasteiger partial charge in [-0.2, -0.15) is 0 Å². The second-order valence-corrected chi connectivity index (χ2v) is 4.91. The van der Waals surface area contributed by atoms with E-state index in [9.17, 15) is 13.6 Å². The summed E-state index contributed by atoms with van der Waals surface area (Å²) >= 11 is 5.85. The van der Waals surface area contributed by atoms with E-state index in [-0.39, 0.29) is 41.8 Å². The van der Waals surface area contributed by atoms with Crippen LogP contribution in [0.4, 0.5) is 8.78 Å². The monoisotopic (exact) mass is 325 g/mol. The van der Waals surface area contributed by atoms with Gasteiger partial charge in [0.2, 0.25) is 5.91 Å². The normalized spacial score (nSPS) is 10.3. The van der Waals surface area contributed by atoms with Crippen LogP contribution in [0.5, 0.6) is 5.75 Å². The molecule has 0 saturated heterocycles. The van der Waals surface area contributed by atoms with Gasteiger partial charge in [-0.15, -0.1) is 0 Å². The lowest BCUT2D eigenvalue weighted by Crippen LogP contribution is -2.29. The number of amides is 1. The predicted octanol–water partition coefficient (Wildman–Crippen LogP) is 3.36. The molecule has 0 aliphatic rings.